The van der Waals surface area contributed by atoms with Gasteiger partial charge in [0, 0.05) is 38.4 Å². The maximum absolute atomic E-state index is 13.0. The van der Waals surface area contributed by atoms with Crippen LogP contribution in [-0.4, -0.2) is 49.2 Å². The Labute approximate surface area is 162 Å². The summed E-state index contributed by atoms with van der Waals surface area (Å²) >= 11 is 5.96. The van der Waals surface area contributed by atoms with E-state index >= 15 is 0 Å². The number of hydrogen-bond acceptors (Lipinski definition) is 5. The molecule has 0 atom stereocenters. The van der Waals surface area contributed by atoms with E-state index in [2.05, 4.69) is 15.3 Å². The maximum Gasteiger partial charge on any atom is 0.230 e. The minimum atomic E-state index is -0.585. The zero-order valence-corrected chi connectivity index (χ0v) is 15.9. The van der Waals surface area contributed by atoms with Crippen molar-refractivity contribution in [1.29, 1.82) is 0 Å². The highest BCUT2D eigenvalue weighted by molar-refractivity contribution is 6.30. The Kier molecular flexibility index (Phi) is 6.23. The van der Waals surface area contributed by atoms with Gasteiger partial charge in [-0.05, 0) is 30.5 Å². The molecule has 0 radical (unpaired) electrons. The van der Waals surface area contributed by atoms with Gasteiger partial charge in [-0.1, -0.05) is 23.7 Å². The zero-order valence-electron chi connectivity index (χ0n) is 15.1. The Morgan fingerprint density at radius 3 is 2.59 bits per heavy atom. The SMILES string of the molecule is COCCCNC(=O)C1(Cc2ccc(Cl)cc2)CN(c2ncc(F)cn2)C1. The predicted octanol–water partition coefficient (Wildman–Crippen LogP) is 2.47. The van der Waals surface area contributed by atoms with Crippen molar-refractivity contribution in [3.05, 3.63) is 53.1 Å². The molecule has 1 fully saturated rings. The molecule has 144 valence electrons. The lowest BCUT2D eigenvalue weighted by molar-refractivity contribution is -0.132. The fourth-order valence-electron chi connectivity index (χ4n) is 3.23. The van der Waals surface area contributed by atoms with Crippen LogP contribution in [0.1, 0.15) is 12.0 Å². The first kappa shape index (κ1) is 19.5. The van der Waals surface area contributed by atoms with Crippen LogP contribution in [0.25, 0.3) is 0 Å². The van der Waals surface area contributed by atoms with Crippen LogP contribution in [0.3, 0.4) is 0 Å². The molecule has 0 bridgehead atoms. The third kappa shape index (κ3) is 4.73. The Morgan fingerprint density at radius 1 is 1.30 bits per heavy atom. The minimum Gasteiger partial charge on any atom is -0.385 e. The first-order valence-electron chi connectivity index (χ1n) is 8.77. The number of benzene rings is 1. The summed E-state index contributed by atoms with van der Waals surface area (Å²) in [6.45, 7) is 2.09. The van der Waals surface area contributed by atoms with Crippen LogP contribution < -0.4 is 10.2 Å². The number of methoxy groups -OCH3 is 1. The second-order valence-corrected chi connectivity index (χ2v) is 7.18. The number of ether oxygens (including phenoxy) is 1. The Morgan fingerprint density at radius 2 is 1.96 bits per heavy atom. The van der Waals surface area contributed by atoms with E-state index in [0.29, 0.717) is 43.6 Å². The first-order valence-corrected chi connectivity index (χ1v) is 9.14. The molecule has 1 aromatic heterocycles. The molecule has 1 aliphatic heterocycles. The summed E-state index contributed by atoms with van der Waals surface area (Å²) < 4.78 is 18.1. The smallest absolute Gasteiger partial charge is 0.230 e. The maximum atomic E-state index is 13.0. The van der Waals surface area contributed by atoms with E-state index in [9.17, 15) is 9.18 Å². The topological polar surface area (TPSA) is 67.3 Å². The monoisotopic (exact) mass is 392 g/mol. The third-order valence-electron chi connectivity index (χ3n) is 4.62. The van der Waals surface area contributed by atoms with Gasteiger partial charge in [0.1, 0.15) is 0 Å². The third-order valence-corrected chi connectivity index (χ3v) is 4.88. The molecule has 0 unspecified atom stereocenters. The Hall–Kier alpha value is -2.25. The van der Waals surface area contributed by atoms with E-state index in [1.54, 1.807) is 7.11 Å². The summed E-state index contributed by atoms with van der Waals surface area (Å²) in [5, 5.41) is 3.66. The van der Waals surface area contributed by atoms with Crippen molar-refractivity contribution in [1.82, 2.24) is 15.3 Å². The molecule has 1 amide bonds. The van der Waals surface area contributed by atoms with Gasteiger partial charge in [0.05, 0.1) is 17.8 Å². The molecule has 6 nitrogen and oxygen atoms in total. The van der Waals surface area contributed by atoms with Crippen molar-refractivity contribution in [3.63, 3.8) is 0 Å². The van der Waals surface area contributed by atoms with Gasteiger partial charge in [-0.2, -0.15) is 0 Å². The highest BCUT2D eigenvalue weighted by atomic mass is 35.5. The number of amides is 1. The second kappa shape index (κ2) is 8.63. The number of carbonyl (C=O) groups is 1. The van der Waals surface area contributed by atoms with Crippen molar-refractivity contribution < 1.29 is 13.9 Å². The summed E-state index contributed by atoms with van der Waals surface area (Å²) in [5.74, 6) is -0.0650. The number of halogens is 2. The summed E-state index contributed by atoms with van der Waals surface area (Å²) in [5.41, 5.74) is 0.449. The highest BCUT2D eigenvalue weighted by Crippen LogP contribution is 2.36. The molecule has 2 aromatic rings. The zero-order chi connectivity index (χ0) is 19.3. The van der Waals surface area contributed by atoms with Crippen LogP contribution in [0.5, 0.6) is 0 Å². The number of aromatic nitrogens is 2. The van der Waals surface area contributed by atoms with Gasteiger partial charge in [0.2, 0.25) is 11.9 Å². The largest absolute Gasteiger partial charge is 0.385 e. The Balaban J connectivity index is 1.70. The van der Waals surface area contributed by atoms with Crippen molar-refractivity contribution in [2.75, 3.05) is 38.3 Å². The predicted molar refractivity (Wildman–Crippen MR) is 101 cm³/mol. The van der Waals surface area contributed by atoms with Gasteiger partial charge < -0.3 is 15.0 Å². The van der Waals surface area contributed by atoms with E-state index in [-0.39, 0.29) is 5.91 Å². The number of anilines is 1. The standard InChI is InChI=1S/C19H22ClFN4O2/c1-27-8-2-7-22-17(26)19(9-14-3-5-15(20)6-4-14)12-25(13-19)18-23-10-16(21)11-24-18/h3-6,10-11H,2,7-9,12-13H2,1H3,(H,22,26). The van der Waals surface area contributed by atoms with Crippen molar-refractivity contribution in [3.8, 4) is 0 Å². The van der Waals surface area contributed by atoms with Crippen LogP contribution in [0, 0.1) is 11.2 Å². The molecule has 8 heteroatoms. The van der Waals surface area contributed by atoms with E-state index < -0.39 is 11.2 Å². The lowest BCUT2D eigenvalue weighted by Gasteiger charge is -2.49. The molecule has 0 aliphatic carbocycles. The molecule has 0 saturated carbocycles. The lowest BCUT2D eigenvalue weighted by atomic mass is 9.74. The fraction of sp³-hybridized carbons (Fsp3) is 0.421. The van der Waals surface area contributed by atoms with E-state index in [1.165, 1.54) is 0 Å². The van der Waals surface area contributed by atoms with Gasteiger partial charge in [0.25, 0.3) is 0 Å². The number of nitrogens with zero attached hydrogens (tertiary/aromatic N) is 3. The molecule has 1 N–H and O–H groups in total. The van der Waals surface area contributed by atoms with Crippen LogP contribution in [0.4, 0.5) is 10.3 Å². The molecule has 1 saturated heterocycles. The first-order chi connectivity index (χ1) is 13.0. The van der Waals surface area contributed by atoms with E-state index in [1.807, 2.05) is 29.2 Å². The molecular formula is C19H22ClFN4O2. The van der Waals surface area contributed by atoms with Crippen molar-refractivity contribution >= 4 is 23.5 Å². The minimum absolute atomic E-state index is 0.00749. The fourth-order valence-corrected chi connectivity index (χ4v) is 3.36. The molecule has 1 aromatic carbocycles. The lowest BCUT2D eigenvalue weighted by Crippen LogP contribution is -2.65. The number of hydrogen-bond donors (Lipinski definition) is 1. The van der Waals surface area contributed by atoms with Crippen molar-refractivity contribution in [2.45, 2.75) is 12.8 Å². The average molecular weight is 393 g/mol. The summed E-state index contributed by atoms with van der Waals surface area (Å²) in [7, 11) is 1.64. The van der Waals surface area contributed by atoms with Crippen LogP contribution in [0.15, 0.2) is 36.7 Å². The number of rotatable bonds is 8. The van der Waals surface area contributed by atoms with Crippen LogP contribution in [-0.2, 0) is 16.0 Å². The molecule has 27 heavy (non-hydrogen) atoms. The molecule has 1 aliphatic rings. The average Bonchev–Trinajstić information content (AvgIpc) is 2.64. The van der Waals surface area contributed by atoms with E-state index in [4.69, 9.17) is 16.3 Å². The van der Waals surface area contributed by atoms with Crippen molar-refractivity contribution in [2.24, 2.45) is 5.41 Å². The summed E-state index contributed by atoms with van der Waals surface area (Å²) in [6, 6.07) is 7.50. The van der Waals surface area contributed by atoms with Gasteiger partial charge in [-0.25, -0.2) is 14.4 Å². The van der Waals surface area contributed by atoms with Crippen LogP contribution in [0.2, 0.25) is 5.02 Å². The van der Waals surface area contributed by atoms with E-state index in [0.717, 1.165) is 24.4 Å². The molecule has 3 rings (SSSR count). The molecule has 2 heterocycles. The van der Waals surface area contributed by atoms with Gasteiger partial charge in [0.15, 0.2) is 5.82 Å². The van der Waals surface area contributed by atoms with Gasteiger partial charge in [-0.15, -0.1) is 0 Å². The highest BCUT2D eigenvalue weighted by Gasteiger charge is 2.50. The Bertz CT molecular complexity index is 764. The summed E-state index contributed by atoms with van der Waals surface area (Å²) in [6.07, 6.45) is 3.60. The van der Waals surface area contributed by atoms with Crippen LogP contribution >= 0.6 is 11.6 Å². The van der Waals surface area contributed by atoms with Gasteiger partial charge >= 0.3 is 0 Å². The quantitative estimate of drug-likeness (QED) is 0.699. The number of carbonyl (C=O) groups excluding carboxylic acids is 1. The summed E-state index contributed by atoms with van der Waals surface area (Å²) in [4.78, 5) is 22.8. The molecule has 0 spiro atoms. The second-order valence-electron chi connectivity index (χ2n) is 6.74. The molecular weight excluding hydrogens is 371 g/mol. The normalized spacial score (nSPS) is 15.3. The number of nitrogens with one attached hydrogen (secondary N) is 1. The van der Waals surface area contributed by atoms with Gasteiger partial charge in [-0.3, -0.25) is 4.79 Å².